The number of aromatic nitrogens is 2. The molecule has 1 saturated carbocycles. The minimum absolute atomic E-state index is 0.208. The zero-order valence-corrected chi connectivity index (χ0v) is 10.6. The van der Waals surface area contributed by atoms with E-state index in [1.165, 1.54) is 0 Å². The Balaban J connectivity index is 2.14. The van der Waals surface area contributed by atoms with Gasteiger partial charge in [0, 0.05) is 13.2 Å². The summed E-state index contributed by atoms with van der Waals surface area (Å²) in [5, 5.41) is 7.00. The molecule has 0 atom stereocenters. The molecule has 1 heterocycles. The first kappa shape index (κ1) is 12.0. The van der Waals surface area contributed by atoms with Crippen LogP contribution >= 0.6 is 12.2 Å². The highest BCUT2D eigenvalue weighted by Crippen LogP contribution is 2.30. The zero-order chi connectivity index (χ0) is 12.5. The molecule has 0 bridgehead atoms. The van der Waals surface area contributed by atoms with Crippen LogP contribution < -0.4 is 11.1 Å². The highest BCUT2D eigenvalue weighted by Gasteiger charge is 2.38. The Labute approximate surface area is 105 Å². The van der Waals surface area contributed by atoms with Crippen molar-refractivity contribution in [2.45, 2.75) is 31.2 Å². The molecule has 1 amide bonds. The van der Waals surface area contributed by atoms with E-state index in [0.29, 0.717) is 10.7 Å². The largest absolute Gasteiger partial charge is 0.391 e. The minimum atomic E-state index is -0.510. The number of carbonyl (C=O) groups is 1. The topological polar surface area (TPSA) is 72.9 Å². The summed E-state index contributed by atoms with van der Waals surface area (Å²) in [5.74, 6) is -0.208. The van der Waals surface area contributed by atoms with Gasteiger partial charge in [-0.05, 0) is 18.9 Å². The fourth-order valence-corrected chi connectivity index (χ4v) is 2.48. The first-order valence-corrected chi connectivity index (χ1v) is 6.06. The molecule has 1 aliphatic rings. The second kappa shape index (κ2) is 4.44. The first-order valence-electron chi connectivity index (χ1n) is 5.66. The number of carbonyl (C=O) groups excluding carboxylic acids is 1. The number of hydrogen-bond donors (Lipinski definition) is 2. The third-order valence-electron chi connectivity index (χ3n) is 3.23. The second-order valence-electron chi connectivity index (χ2n) is 4.48. The van der Waals surface area contributed by atoms with Crippen LogP contribution in [0.4, 0.5) is 0 Å². The van der Waals surface area contributed by atoms with Gasteiger partial charge in [0.1, 0.15) is 5.69 Å². The SMILES string of the molecule is Cn1ccc(C(=O)NC2(C(N)=S)CCCC2)n1. The van der Waals surface area contributed by atoms with E-state index < -0.39 is 5.54 Å². The molecule has 0 aromatic carbocycles. The fourth-order valence-electron chi connectivity index (χ4n) is 2.23. The fraction of sp³-hybridized carbons (Fsp3) is 0.545. The van der Waals surface area contributed by atoms with Crippen LogP contribution in [0, 0.1) is 0 Å². The number of nitrogens with two attached hydrogens (primary N) is 1. The van der Waals surface area contributed by atoms with Gasteiger partial charge >= 0.3 is 0 Å². The summed E-state index contributed by atoms with van der Waals surface area (Å²) >= 11 is 5.08. The van der Waals surface area contributed by atoms with E-state index in [2.05, 4.69) is 10.4 Å². The summed E-state index contributed by atoms with van der Waals surface area (Å²) < 4.78 is 1.59. The zero-order valence-electron chi connectivity index (χ0n) is 9.77. The van der Waals surface area contributed by atoms with Crippen molar-refractivity contribution >= 4 is 23.1 Å². The predicted molar refractivity (Wildman–Crippen MR) is 68.7 cm³/mol. The van der Waals surface area contributed by atoms with Crippen LogP contribution in [0.1, 0.15) is 36.2 Å². The molecule has 6 heteroatoms. The van der Waals surface area contributed by atoms with Gasteiger partial charge in [0.15, 0.2) is 0 Å². The highest BCUT2D eigenvalue weighted by molar-refractivity contribution is 7.80. The van der Waals surface area contributed by atoms with Crippen molar-refractivity contribution in [2.75, 3.05) is 0 Å². The molecule has 0 radical (unpaired) electrons. The molecular weight excluding hydrogens is 236 g/mol. The maximum Gasteiger partial charge on any atom is 0.272 e. The van der Waals surface area contributed by atoms with Crippen molar-refractivity contribution in [1.82, 2.24) is 15.1 Å². The average molecular weight is 252 g/mol. The van der Waals surface area contributed by atoms with Gasteiger partial charge in [-0.1, -0.05) is 25.1 Å². The van der Waals surface area contributed by atoms with E-state index in [9.17, 15) is 4.79 Å². The molecule has 2 rings (SSSR count). The number of hydrogen-bond acceptors (Lipinski definition) is 3. The van der Waals surface area contributed by atoms with E-state index in [0.717, 1.165) is 25.7 Å². The van der Waals surface area contributed by atoms with Gasteiger partial charge in [0.25, 0.3) is 5.91 Å². The highest BCUT2D eigenvalue weighted by atomic mass is 32.1. The third-order valence-corrected chi connectivity index (χ3v) is 3.62. The smallest absolute Gasteiger partial charge is 0.272 e. The molecule has 17 heavy (non-hydrogen) atoms. The Morgan fingerprint density at radius 2 is 2.24 bits per heavy atom. The summed E-state index contributed by atoms with van der Waals surface area (Å²) in [6.07, 6.45) is 5.46. The molecule has 92 valence electrons. The van der Waals surface area contributed by atoms with Crippen LogP contribution in [0.3, 0.4) is 0 Å². The van der Waals surface area contributed by atoms with Crippen LogP contribution in [-0.4, -0.2) is 26.2 Å². The molecule has 0 spiro atoms. The third kappa shape index (κ3) is 2.31. The average Bonchev–Trinajstić information content (AvgIpc) is 2.87. The standard InChI is InChI=1S/C11H16N4OS/c1-15-7-4-8(14-15)9(16)13-11(10(12)17)5-2-3-6-11/h4,7H,2-3,5-6H2,1H3,(H2,12,17)(H,13,16). The maximum atomic E-state index is 12.0. The van der Waals surface area contributed by atoms with Crippen molar-refractivity contribution in [1.29, 1.82) is 0 Å². The summed E-state index contributed by atoms with van der Waals surface area (Å²) in [4.78, 5) is 12.4. The number of nitrogens with zero attached hydrogens (tertiary/aromatic N) is 2. The Morgan fingerprint density at radius 3 is 2.71 bits per heavy atom. The van der Waals surface area contributed by atoms with Crippen LogP contribution in [0.15, 0.2) is 12.3 Å². The molecule has 1 aromatic rings. The number of rotatable bonds is 3. The monoisotopic (exact) mass is 252 g/mol. The van der Waals surface area contributed by atoms with Crippen molar-refractivity contribution in [3.05, 3.63) is 18.0 Å². The minimum Gasteiger partial charge on any atom is -0.391 e. The summed E-state index contributed by atoms with van der Waals surface area (Å²) in [6, 6.07) is 1.68. The van der Waals surface area contributed by atoms with E-state index in [4.69, 9.17) is 18.0 Å². The molecular formula is C11H16N4OS. The Hall–Kier alpha value is -1.43. The van der Waals surface area contributed by atoms with Crippen molar-refractivity contribution in [2.24, 2.45) is 12.8 Å². The quantitative estimate of drug-likeness (QED) is 0.779. The van der Waals surface area contributed by atoms with Gasteiger partial charge < -0.3 is 11.1 Å². The Bertz CT molecular complexity index is 448. The summed E-state index contributed by atoms with van der Waals surface area (Å²) in [7, 11) is 1.77. The lowest BCUT2D eigenvalue weighted by Gasteiger charge is -2.28. The number of amides is 1. The molecule has 0 unspecified atom stereocenters. The molecule has 1 aromatic heterocycles. The predicted octanol–water partition coefficient (Wildman–Crippen LogP) is 0.749. The van der Waals surface area contributed by atoms with Crippen LogP contribution in [0.5, 0.6) is 0 Å². The number of aryl methyl sites for hydroxylation is 1. The molecule has 0 aliphatic heterocycles. The van der Waals surface area contributed by atoms with Crippen molar-refractivity contribution in [3.8, 4) is 0 Å². The molecule has 0 saturated heterocycles. The normalized spacial score (nSPS) is 17.9. The van der Waals surface area contributed by atoms with Crippen molar-refractivity contribution in [3.63, 3.8) is 0 Å². The van der Waals surface area contributed by atoms with Gasteiger partial charge in [-0.2, -0.15) is 5.10 Å². The van der Waals surface area contributed by atoms with Crippen LogP contribution in [0.25, 0.3) is 0 Å². The second-order valence-corrected chi connectivity index (χ2v) is 4.92. The lowest BCUT2D eigenvalue weighted by molar-refractivity contribution is 0.0918. The first-order chi connectivity index (χ1) is 8.03. The van der Waals surface area contributed by atoms with Gasteiger partial charge in [0.2, 0.25) is 0 Å². The number of thiocarbonyl (C=S) groups is 1. The molecule has 3 N–H and O–H groups in total. The van der Waals surface area contributed by atoms with E-state index >= 15 is 0 Å². The van der Waals surface area contributed by atoms with Gasteiger partial charge in [0.05, 0.1) is 10.5 Å². The van der Waals surface area contributed by atoms with Crippen molar-refractivity contribution < 1.29 is 4.79 Å². The molecule has 1 fully saturated rings. The lowest BCUT2D eigenvalue weighted by Crippen LogP contribution is -2.54. The Kier molecular flexibility index (Phi) is 3.15. The summed E-state index contributed by atoms with van der Waals surface area (Å²) in [5.41, 5.74) is 5.64. The Morgan fingerprint density at radius 1 is 1.59 bits per heavy atom. The lowest BCUT2D eigenvalue weighted by atomic mass is 9.97. The van der Waals surface area contributed by atoms with E-state index in [1.54, 1.807) is 24.0 Å². The van der Waals surface area contributed by atoms with E-state index in [1.807, 2.05) is 0 Å². The van der Waals surface area contributed by atoms with Crippen LogP contribution in [-0.2, 0) is 7.05 Å². The van der Waals surface area contributed by atoms with Gasteiger partial charge in [-0.15, -0.1) is 0 Å². The van der Waals surface area contributed by atoms with Gasteiger partial charge in [-0.25, -0.2) is 0 Å². The molecule has 5 nitrogen and oxygen atoms in total. The molecule has 1 aliphatic carbocycles. The number of nitrogens with one attached hydrogen (secondary N) is 1. The summed E-state index contributed by atoms with van der Waals surface area (Å²) in [6.45, 7) is 0. The van der Waals surface area contributed by atoms with Crippen LogP contribution in [0.2, 0.25) is 0 Å². The van der Waals surface area contributed by atoms with E-state index in [-0.39, 0.29) is 5.91 Å². The van der Waals surface area contributed by atoms with Gasteiger partial charge in [-0.3, -0.25) is 9.48 Å². The maximum absolute atomic E-state index is 12.0.